The zero-order chi connectivity index (χ0) is 19.1. The Hall–Kier alpha value is -3.11. The van der Waals surface area contributed by atoms with Crippen LogP contribution in [0.1, 0.15) is 17.0 Å². The number of rotatable bonds is 6. The molecule has 2 amide bonds. The smallest absolute Gasteiger partial charge is 0.243 e. The van der Waals surface area contributed by atoms with Crippen LogP contribution >= 0.6 is 11.6 Å². The van der Waals surface area contributed by atoms with Crippen molar-refractivity contribution in [2.75, 3.05) is 11.9 Å². The third kappa shape index (κ3) is 4.96. The fourth-order valence-electron chi connectivity index (χ4n) is 2.81. The van der Waals surface area contributed by atoms with E-state index in [1.165, 1.54) is 0 Å². The van der Waals surface area contributed by atoms with E-state index >= 15 is 0 Å². The molecule has 0 saturated heterocycles. The lowest BCUT2D eigenvalue weighted by Gasteiger charge is -2.18. The van der Waals surface area contributed by atoms with E-state index in [0.29, 0.717) is 10.7 Å². The lowest BCUT2D eigenvalue weighted by Crippen LogP contribution is -2.36. The minimum Gasteiger partial charge on any atom is -0.346 e. The number of nitrogens with one attached hydrogen (secondary N) is 2. The Morgan fingerprint density at radius 2 is 1.30 bits per heavy atom. The molecule has 0 atom stereocenters. The van der Waals surface area contributed by atoms with Gasteiger partial charge in [-0.25, -0.2) is 0 Å². The average molecular weight is 379 g/mol. The normalized spacial score (nSPS) is 10.4. The van der Waals surface area contributed by atoms with Crippen LogP contribution in [0, 0.1) is 0 Å². The van der Waals surface area contributed by atoms with E-state index in [1.54, 1.807) is 24.3 Å². The van der Waals surface area contributed by atoms with Crippen LogP contribution in [-0.4, -0.2) is 18.4 Å². The highest BCUT2D eigenvalue weighted by Crippen LogP contribution is 2.24. The Balaban J connectivity index is 1.70. The van der Waals surface area contributed by atoms with E-state index in [4.69, 9.17) is 11.6 Å². The molecular formula is C22H19ClN2O2. The van der Waals surface area contributed by atoms with E-state index in [0.717, 1.165) is 11.1 Å². The second kappa shape index (κ2) is 9.01. The quantitative estimate of drug-likeness (QED) is 0.674. The summed E-state index contributed by atoms with van der Waals surface area (Å²) in [5, 5.41) is 5.87. The molecule has 27 heavy (non-hydrogen) atoms. The highest BCUT2D eigenvalue weighted by atomic mass is 35.5. The van der Waals surface area contributed by atoms with Gasteiger partial charge in [-0.1, -0.05) is 84.4 Å². The summed E-state index contributed by atoms with van der Waals surface area (Å²) in [6.45, 7) is -0.139. The minimum atomic E-state index is -0.486. The number of halogens is 1. The number of carbonyl (C=O) groups excluding carboxylic acids is 2. The summed E-state index contributed by atoms with van der Waals surface area (Å²) in [5.41, 5.74) is 2.25. The SMILES string of the molecule is O=C(CNC(=O)C(c1ccccc1)c1ccccc1)Nc1ccccc1Cl. The molecule has 5 heteroatoms. The number of amides is 2. The Morgan fingerprint density at radius 1 is 0.778 bits per heavy atom. The molecule has 0 heterocycles. The second-order valence-electron chi connectivity index (χ2n) is 6.00. The Kier molecular flexibility index (Phi) is 6.23. The predicted molar refractivity (Wildman–Crippen MR) is 108 cm³/mol. The summed E-state index contributed by atoms with van der Waals surface area (Å²) in [5.74, 6) is -1.06. The third-order valence-corrected chi connectivity index (χ3v) is 4.43. The van der Waals surface area contributed by atoms with Gasteiger partial charge < -0.3 is 10.6 Å². The first-order chi connectivity index (χ1) is 13.1. The van der Waals surface area contributed by atoms with Crippen molar-refractivity contribution in [3.8, 4) is 0 Å². The molecule has 3 aromatic carbocycles. The van der Waals surface area contributed by atoms with E-state index < -0.39 is 5.92 Å². The van der Waals surface area contributed by atoms with Crippen LogP contribution in [0.2, 0.25) is 5.02 Å². The van der Waals surface area contributed by atoms with Crippen LogP contribution in [0.4, 0.5) is 5.69 Å². The van der Waals surface area contributed by atoms with Gasteiger partial charge in [0.25, 0.3) is 0 Å². The number of hydrogen-bond donors (Lipinski definition) is 2. The number of hydrogen-bond acceptors (Lipinski definition) is 2. The summed E-state index contributed by atoms with van der Waals surface area (Å²) in [7, 11) is 0. The highest BCUT2D eigenvalue weighted by Gasteiger charge is 2.22. The van der Waals surface area contributed by atoms with Crippen LogP contribution < -0.4 is 10.6 Å². The maximum absolute atomic E-state index is 12.9. The molecule has 136 valence electrons. The van der Waals surface area contributed by atoms with Gasteiger partial charge in [0.2, 0.25) is 11.8 Å². The van der Waals surface area contributed by atoms with Gasteiger partial charge in [-0.2, -0.15) is 0 Å². The molecular weight excluding hydrogens is 360 g/mol. The van der Waals surface area contributed by atoms with Crippen molar-refractivity contribution in [3.63, 3.8) is 0 Å². The Bertz CT molecular complexity index is 874. The van der Waals surface area contributed by atoms with Crippen molar-refractivity contribution in [2.45, 2.75) is 5.92 Å². The molecule has 3 rings (SSSR count). The Morgan fingerprint density at radius 3 is 1.85 bits per heavy atom. The zero-order valence-electron chi connectivity index (χ0n) is 14.6. The first kappa shape index (κ1) is 18.7. The van der Waals surface area contributed by atoms with Gasteiger partial charge in [-0.15, -0.1) is 0 Å². The summed E-state index contributed by atoms with van der Waals surface area (Å²) < 4.78 is 0. The van der Waals surface area contributed by atoms with Crippen LogP contribution in [-0.2, 0) is 9.59 Å². The minimum absolute atomic E-state index is 0.139. The zero-order valence-corrected chi connectivity index (χ0v) is 15.3. The molecule has 4 nitrogen and oxygen atoms in total. The second-order valence-corrected chi connectivity index (χ2v) is 6.41. The number of carbonyl (C=O) groups is 2. The molecule has 2 N–H and O–H groups in total. The fraction of sp³-hybridized carbons (Fsp3) is 0.0909. The van der Waals surface area contributed by atoms with E-state index in [9.17, 15) is 9.59 Å². The van der Waals surface area contributed by atoms with E-state index in [2.05, 4.69) is 10.6 Å². The van der Waals surface area contributed by atoms with Gasteiger partial charge in [0, 0.05) is 0 Å². The first-order valence-electron chi connectivity index (χ1n) is 8.57. The molecule has 0 aliphatic rings. The van der Waals surface area contributed by atoms with Gasteiger partial charge >= 0.3 is 0 Å². The molecule has 3 aromatic rings. The van der Waals surface area contributed by atoms with Gasteiger partial charge in [-0.05, 0) is 23.3 Å². The molecule has 0 saturated carbocycles. The van der Waals surface area contributed by atoms with Gasteiger partial charge in [0.15, 0.2) is 0 Å². The molecule has 0 aliphatic carbocycles. The first-order valence-corrected chi connectivity index (χ1v) is 8.95. The number of para-hydroxylation sites is 1. The van der Waals surface area contributed by atoms with Gasteiger partial charge in [0.05, 0.1) is 23.2 Å². The predicted octanol–water partition coefficient (Wildman–Crippen LogP) is 4.23. The summed E-state index contributed by atoms with van der Waals surface area (Å²) in [4.78, 5) is 25.0. The summed E-state index contributed by atoms with van der Waals surface area (Å²) in [6.07, 6.45) is 0. The Labute approximate surface area is 163 Å². The van der Waals surface area contributed by atoms with Crippen molar-refractivity contribution in [1.82, 2.24) is 5.32 Å². The molecule has 0 aliphatic heterocycles. The lowest BCUT2D eigenvalue weighted by atomic mass is 9.90. The van der Waals surface area contributed by atoms with Gasteiger partial charge in [0.1, 0.15) is 0 Å². The topological polar surface area (TPSA) is 58.2 Å². The highest BCUT2D eigenvalue weighted by molar-refractivity contribution is 6.33. The monoisotopic (exact) mass is 378 g/mol. The molecule has 0 unspecified atom stereocenters. The average Bonchev–Trinajstić information content (AvgIpc) is 2.70. The van der Waals surface area contributed by atoms with E-state index in [1.807, 2.05) is 60.7 Å². The van der Waals surface area contributed by atoms with Crippen LogP contribution in [0.15, 0.2) is 84.9 Å². The molecule has 0 bridgehead atoms. The maximum atomic E-state index is 12.9. The third-order valence-electron chi connectivity index (χ3n) is 4.10. The largest absolute Gasteiger partial charge is 0.346 e. The van der Waals surface area contributed by atoms with Crippen molar-refractivity contribution >= 4 is 29.1 Å². The lowest BCUT2D eigenvalue weighted by molar-refractivity contribution is -0.124. The standard InChI is InChI=1S/C22H19ClN2O2/c23-18-13-7-8-14-19(18)25-20(26)15-24-22(27)21(16-9-3-1-4-10-16)17-11-5-2-6-12-17/h1-14,21H,15H2,(H,24,27)(H,25,26). The van der Waals surface area contributed by atoms with Crippen molar-refractivity contribution in [2.24, 2.45) is 0 Å². The summed E-state index contributed by atoms with van der Waals surface area (Å²) >= 11 is 6.04. The maximum Gasteiger partial charge on any atom is 0.243 e. The van der Waals surface area contributed by atoms with E-state index in [-0.39, 0.29) is 18.4 Å². The fourth-order valence-corrected chi connectivity index (χ4v) is 3.00. The van der Waals surface area contributed by atoms with Crippen molar-refractivity contribution in [1.29, 1.82) is 0 Å². The van der Waals surface area contributed by atoms with Crippen molar-refractivity contribution in [3.05, 3.63) is 101 Å². The van der Waals surface area contributed by atoms with Crippen LogP contribution in [0.3, 0.4) is 0 Å². The molecule has 0 aromatic heterocycles. The van der Waals surface area contributed by atoms with Crippen molar-refractivity contribution < 1.29 is 9.59 Å². The molecule has 0 spiro atoms. The molecule has 0 fully saturated rings. The van der Waals surface area contributed by atoms with Gasteiger partial charge in [-0.3, -0.25) is 9.59 Å². The molecule has 0 radical (unpaired) electrons. The van der Waals surface area contributed by atoms with Crippen LogP contribution in [0.5, 0.6) is 0 Å². The van der Waals surface area contributed by atoms with Crippen LogP contribution in [0.25, 0.3) is 0 Å². The number of benzene rings is 3. The number of anilines is 1. The summed E-state index contributed by atoms with van der Waals surface area (Å²) in [6, 6.07) is 25.9.